The smallest absolute Gasteiger partial charge is 0.252 e. The van der Waals surface area contributed by atoms with Crippen LogP contribution in [0.3, 0.4) is 0 Å². The summed E-state index contributed by atoms with van der Waals surface area (Å²) in [5, 5.41) is 6.70. The van der Waals surface area contributed by atoms with E-state index in [4.69, 9.17) is 0 Å². The quantitative estimate of drug-likeness (QED) is 0.804. The van der Waals surface area contributed by atoms with Crippen LogP contribution in [0.1, 0.15) is 11.8 Å². The molecule has 0 saturated carbocycles. The van der Waals surface area contributed by atoms with Gasteiger partial charge in [0.25, 0.3) is 10.0 Å². The molecule has 1 fully saturated rings. The van der Waals surface area contributed by atoms with Crippen molar-refractivity contribution in [1.82, 2.24) is 14.5 Å². The van der Waals surface area contributed by atoms with Gasteiger partial charge < -0.3 is 5.32 Å². The topological polar surface area (TPSA) is 69.7 Å². The number of piperazine rings is 1. The molecule has 1 atom stereocenters. The molecule has 2 aromatic rings. The SMILES string of the molecule is C[C@@H](C(=O)NCc1cccs1)N1CCN(S(=O)(=O)c2cccs2)CC1. The number of sulfonamides is 1. The number of amides is 1. The highest BCUT2D eigenvalue weighted by atomic mass is 32.2. The third kappa shape index (κ3) is 4.29. The van der Waals surface area contributed by atoms with Crippen LogP contribution in [-0.4, -0.2) is 55.8 Å². The van der Waals surface area contributed by atoms with Gasteiger partial charge in [0, 0.05) is 31.1 Å². The Balaban J connectivity index is 1.52. The number of carbonyl (C=O) groups is 1. The van der Waals surface area contributed by atoms with Crippen molar-refractivity contribution in [3.05, 3.63) is 39.9 Å². The lowest BCUT2D eigenvalue weighted by molar-refractivity contribution is -0.126. The minimum Gasteiger partial charge on any atom is -0.350 e. The van der Waals surface area contributed by atoms with E-state index in [1.165, 1.54) is 15.6 Å². The number of hydrogen-bond donors (Lipinski definition) is 1. The fourth-order valence-electron chi connectivity index (χ4n) is 2.77. The molecular formula is C16H21N3O3S3. The van der Waals surface area contributed by atoms with Crippen molar-refractivity contribution in [3.63, 3.8) is 0 Å². The summed E-state index contributed by atoms with van der Waals surface area (Å²) in [6.45, 7) is 4.32. The normalized spacial score (nSPS) is 18.1. The molecule has 1 amide bonds. The lowest BCUT2D eigenvalue weighted by Gasteiger charge is -2.36. The van der Waals surface area contributed by atoms with Crippen molar-refractivity contribution in [2.75, 3.05) is 26.2 Å². The van der Waals surface area contributed by atoms with Crippen LogP contribution in [0.25, 0.3) is 0 Å². The van der Waals surface area contributed by atoms with Crippen molar-refractivity contribution in [2.24, 2.45) is 0 Å². The molecule has 1 aliphatic heterocycles. The van der Waals surface area contributed by atoms with E-state index in [2.05, 4.69) is 5.32 Å². The molecule has 0 radical (unpaired) electrons. The first-order chi connectivity index (χ1) is 12.0. The molecule has 3 rings (SSSR count). The van der Waals surface area contributed by atoms with E-state index in [0.717, 1.165) is 4.88 Å². The van der Waals surface area contributed by atoms with Crippen LogP contribution < -0.4 is 5.32 Å². The third-order valence-electron chi connectivity index (χ3n) is 4.31. The van der Waals surface area contributed by atoms with Crippen LogP contribution in [0.2, 0.25) is 0 Å². The molecule has 0 spiro atoms. The van der Waals surface area contributed by atoms with Crippen LogP contribution in [0.5, 0.6) is 0 Å². The van der Waals surface area contributed by atoms with Gasteiger partial charge in [-0.2, -0.15) is 4.31 Å². The number of nitrogens with one attached hydrogen (secondary N) is 1. The van der Waals surface area contributed by atoms with E-state index in [0.29, 0.717) is 36.9 Å². The molecule has 0 aliphatic carbocycles. The first-order valence-electron chi connectivity index (χ1n) is 8.06. The fourth-order valence-corrected chi connectivity index (χ4v) is 5.98. The summed E-state index contributed by atoms with van der Waals surface area (Å²) >= 11 is 2.85. The monoisotopic (exact) mass is 399 g/mol. The number of nitrogens with zero attached hydrogens (tertiary/aromatic N) is 2. The highest BCUT2D eigenvalue weighted by Crippen LogP contribution is 2.22. The molecule has 136 valence electrons. The van der Waals surface area contributed by atoms with Gasteiger partial charge in [-0.15, -0.1) is 22.7 Å². The van der Waals surface area contributed by atoms with E-state index < -0.39 is 10.0 Å². The van der Waals surface area contributed by atoms with E-state index in [1.807, 2.05) is 29.3 Å². The Bertz CT molecular complexity index is 780. The van der Waals surface area contributed by atoms with Gasteiger partial charge in [-0.1, -0.05) is 12.1 Å². The number of carbonyl (C=O) groups excluding carboxylic acids is 1. The standard InChI is InChI=1S/C16H21N3O3S3/c1-13(16(20)17-12-14-4-2-10-23-14)18-6-8-19(9-7-18)25(21,22)15-5-3-11-24-15/h2-5,10-11,13H,6-9,12H2,1H3,(H,17,20)/t13-/m0/s1. The second-order valence-electron chi connectivity index (χ2n) is 5.85. The zero-order chi connectivity index (χ0) is 17.9. The second-order valence-corrected chi connectivity index (χ2v) is 9.99. The third-order valence-corrected chi connectivity index (χ3v) is 8.45. The van der Waals surface area contributed by atoms with E-state index in [1.54, 1.807) is 28.8 Å². The van der Waals surface area contributed by atoms with Crippen molar-refractivity contribution in [2.45, 2.75) is 23.7 Å². The molecule has 2 aromatic heterocycles. The number of hydrogen-bond acceptors (Lipinski definition) is 6. The molecule has 25 heavy (non-hydrogen) atoms. The van der Waals surface area contributed by atoms with Gasteiger partial charge in [-0.25, -0.2) is 8.42 Å². The summed E-state index contributed by atoms with van der Waals surface area (Å²) in [4.78, 5) is 15.5. The summed E-state index contributed by atoms with van der Waals surface area (Å²) in [7, 11) is -3.40. The maximum absolute atomic E-state index is 12.5. The van der Waals surface area contributed by atoms with Gasteiger partial charge in [0.15, 0.2) is 0 Å². The molecule has 0 bridgehead atoms. The van der Waals surface area contributed by atoms with Gasteiger partial charge in [-0.05, 0) is 29.8 Å². The Hall–Kier alpha value is -1.26. The maximum atomic E-state index is 12.5. The van der Waals surface area contributed by atoms with Crippen LogP contribution in [0.4, 0.5) is 0 Å². The average Bonchev–Trinajstić information content (AvgIpc) is 3.32. The number of thiophene rings is 2. The van der Waals surface area contributed by atoms with Crippen LogP contribution in [0.15, 0.2) is 39.2 Å². The first-order valence-corrected chi connectivity index (χ1v) is 11.3. The Morgan fingerprint density at radius 1 is 1.16 bits per heavy atom. The number of rotatable bonds is 6. The molecule has 6 nitrogen and oxygen atoms in total. The van der Waals surface area contributed by atoms with Crippen molar-refractivity contribution < 1.29 is 13.2 Å². The van der Waals surface area contributed by atoms with Gasteiger partial charge in [-0.3, -0.25) is 9.69 Å². The van der Waals surface area contributed by atoms with E-state index >= 15 is 0 Å². The fraction of sp³-hybridized carbons (Fsp3) is 0.438. The van der Waals surface area contributed by atoms with Gasteiger partial charge in [0.2, 0.25) is 5.91 Å². The summed E-state index contributed by atoms with van der Waals surface area (Å²) in [6.07, 6.45) is 0. The van der Waals surface area contributed by atoms with E-state index in [-0.39, 0.29) is 11.9 Å². The van der Waals surface area contributed by atoms with Crippen LogP contribution in [0, 0.1) is 0 Å². The van der Waals surface area contributed by atoms with Crippen molar-refractivity contribution >= 4 is 38.6 Å². The zero-order valence-electron chi connectivity index (χ0n) is 13.9. The predicted molar refractivity (Wildman–Crippen MR) is 100 cm³/mol. The summed E-state index contributed by atoms with van der Waals surface area (Å²) in [5.74, 6) is -0.0250. The Kier molecular flexibility index (Phi) is 5.90. The van der Waals surface area contributed by atoms with Crippen LogP contribution >= 0.6 is 22.7 Å². The van der Waals surface area contributed by atoms with Crippen molar-refractivity contribution in [1.29, 1.82) is 0 Å². The van der Waals surface area contributed by atoms with Gasteiger partial charge in [0.1, 0.15) is 4.21 Å². The van der Waals surface area contributed by atoms with Gasteiger partial charge in [0.05, 0.1) is 12.6 Å². The summed E-state index contributed by atoms with van der Waals surface area (Å²) in [5.41, 5.74) is 0. The molecule has 9 heteroatoms. The van der Waals surface area contributed by atoms with Crippen LogP contribution in [-0.2, 0) is 21.4 Å². The Labute approximate surface area is 156 Å². The molecule has 3 heterocycles. The largest absolute Gasteiger partial charge is 0.350 e. The average molecular weight is 400 g/mol. The molecule has 1 N–H and O–H groups in total. The molecule has 1 saturated heterocycles. The first kappa shape index (κ1) is 18.5. The summed E-state index contributed by atoms with van der Waals surface area (Å²) in [6, 6.07) is 7.06. The highest BCUT2D eigenvalue weighted by molar-refractivity contribution is 7.91. The molecule has 1 aliphatic rings. The predicted octanol–water partition coefficient (Wildman–Crippen LogP) is 1.82. The summed E-state index contributed by atoms with van der Waals surface area (Å²) < 4.78 is 26.9. The zero-order valence-corrected chi connectivity index (χ0v) is 16.4. The Morgan fingerprint density at radius 2 is 1.84 bits per heavy atom. The van der Waals surface area contributed by atoms with Crippen molar-refractivity contribution in [3.8, 4) is 0 Å². The van der Waals surface area contributed by atoms with E-state index in [9.17, 15) is 13.2 Å². The maximum Gasteiger partial charge on any atom is 0.252 e. The lowest BCUT2D eigenvalue weighted by Crippen LogP contribution is -2.54. The molecule has 0 unspecified atom stereocenters. The molecule has 0 aromatic carbocycles. The molecular weight excluding hydrogens is 378 g/mol. The second kappa shape index (κ2) is 7.96. The minimum atomic E-state index is -3.40. The van der Waals surface area contributed by atoms with Gasteiger partial charge >= 0.3 is 0 Å². The lowest BCUT2D eigenvalue weighted by atomic mass is 10.2. The highest BCUT2D eigenvalue weighted by Gasteiger charge is 2.32. The minimum absolute atomic E-state index is 0.0250. The Morgan fingerprint density at radius 3 is 2.44 bits per heavy atom.